The van der Waals surface area contributed by atoms with E-state index in [4.69, 9.17) is 4.74 Å². The lowest BCUT2D eigenvalue weighted by Crippen LogP contribution is -2.37. The number of ketones is 2. The summed E-state index contributed by atoms with van der Waals surface area (Å²) in [6.07, 6.45) is 3.49. The van der Waals surface area contributed by atoms with E-state index in [1.165, 1.54) is 6.08 Å². The van der Waals surface area contributed by atoms with Crippen molar-refractivity contribution in [1.29, 1.82) is 0 Å². The Balaban J connectivity index is 2.27. The van der Waals surface area contributed by atoms with Crippen LogP contribution in [-0.4, -0.2) is 18.7 Å². The highest BCUT2D eigenvalue weighted by molar-refractivity contribution is 6.08. The lowest BCUT2D eigenvalue weighted by Gasteiger charge is -2.33. The molecule has 0 aromatic heterocycles. The molecule has 2 aliphatic rings. The molecule has 0 aliphatic heterocycles. The quantitative estimate of drug-likeness (QED) is 0.737. The predicted octanol–water partition coefficient (Wildman–Crippen LogP) is 1.87. The van der Waals surface area contributed by atoms with E-state index in [0.29, 0.717) is 5.56 Å². The second-order valence-corrected chi connectivity index (χ2v) is 4.46. The van der Waals surface area contributed by atoms with Crippen molar-refractivity contribution < 1.29 is 14.3 Å². The second kappa shape index (κ2) is 3.37. The van der Waals surface area contributed by atoms with E-state index in [2.05, 4.69) is 0 Å². The standard InChI is InChI=1S/C14H12O3/c1-17-14-7-6-9(15)8-12(14)13(16)10-4-2-3-5-11(10)14/h2-7,12H,8H2,1H3. The number of allylic oxidation sites excluding steroid dienone is 1. The molecule has 0 N–H and O–H groups in total. The fourth-order valence-electron chi connectivity index (χ4n) is 2.87. The molecular weight excluding hydrogens is 216 g/mol. The van der Waals surface area contributed by atoms with Crippen LogP contribution < -0.4 is 0 Å². The van der Waals surface area contributed by atoms with Gasteiger partial charge in [-0.15, -0.1) is 0 Å². The van der Waals surface area contributed by atoms with Crippen molar-refractivity contribution in [3.8, 4) is 0 Å². The van der Waals surface area contributed by atoms with Crippen LogP contribution in [0.1, 0.15) is 22.3 Å². The first-order valence-electron chi connectivity index (χ1n) is 5.60. The van der Waals surface area contributed by atoms with E-state index in [9.17, 15) is 9.59 Å². The van der Waals surface area contributed by atoms with Crippen molar-refractivity contribution in [2.24, 2.45) is 5.92 Å². The second-order valence-electron chi connectivity index (χ2n) is 4.46. The zero-order chi connectivity index (χ0) is 12.0. The molecule has 3 nitrogen and oxygen atoms in total. The van der Waals surface area contributed by atoms with Crippen LogP contribution in [0.25, 0.3) is 0 Å². The van der Waals surface area contributed by atoms with Gasteiger partial charge in [-0.3, -0.25) is 9.59 Å². The van der Waals surface area contributed by atoms with Crippen molar-refractivity contribution in [2.45, 2.75) is 12.0 Å². The first kappa shape index (κ1) is 10.4. The highest BCUT2D eigenvalue weighted by Crippen LogP contribution is 2.48. The van der Waals surface area contributed by atoms with Crippen molar-refractivity contribution in [1.82, 2.24) is 0 Å². The zero-order valence-corrected chi connectivity index (χ0v) is 9.47. The summed E-state index contributed by atoms with van der Waals surface area (Å²) in [4.78, 5) is 23.7. The Hall–Kier alpha value is -1.74. The molecule has 0 amide bonds. The number of carbonyl (C=O) groups excluding carboxylic acids is 2. The van der Waals surface area contributed by atoms with E-state index in [0.717, 1.165) is 5.56 Å². The number of hydrogen-bond donors (Lipinski definition) is 0. The molecule has 0 fully saturated rings. The molecule has 2 atom stereocenters. The van der Waals surface area contributed by atoms with Gasteiger partial charge >= 0.3 is 0 Å². The number of Topliss-reactive ketones (excluding diaryl/α,β-unsaturated/α-hetero) is 1. The van der Waals surface area contributed by atoms with Crippen molar-refractivity contribution in [3.05, 3.63) is 47.5 Å². The van der Waals surface area contributed by atoms with Gasteiger partial charge in [0.25, 0.3) is 0 Å². The summed E-state index contributed by atoms with van der Waals surface area (Å²) >= 11 is 0. The Morgan fingerprint density at radius 3 is 2.82 bits per heavy atom. The molecule has 0 heterocycles. The third-order valence-corrected chi connectivity index (χ3v) is 3.71. The molecule has 0 saturated carbocycles. The van der Waals surface area contributed by atoms with Crippen LogP contribution in [0.5, 0.6) is 0 Å². The smallest absolute Gasteiger partial charge is 0.170 e. The lowest BCUT2D eigenvalue weighted by atomic mass is 9.79. The third kappa shape index (κ3) is 1.20. The van der Waals surface area contributed by atoms with Gasteiger partial charge in [0.1, 0.15) is 5.60 Å². The van der Waals surface area contributed by atoms with Crippen molar-refractivity contribution in [2.75, 3.05) is 7.11 Å². The van der Waals surface area contributed by atoms with Crippen LogP contribution >= 0.6 is 0 Å². The lowest BCUT2D eigenvalue weighted by molar-refractivity contribution is -0.118. The van der Waals surface area contributed by atoms with Gasteiger partial charge in [-0.25, -0.2) is 0 Å². The fourth-order valence-corrected chi connectivity index (χ4v) is 2.87. The van der Waals surface area contributed by atoms with E-state index >= 15 is 0 Å². The van der Waals surface area contributed by atoms with E-state index in [-0.39, 0.29) is 18.0 Å². The number of hydrogen-bond acceptors (Lipinski definition) is 3. The number of rotatable bonds is 1. The average molecular weight is 228 g/mol. The molecule has 1 aromatic carbocycles. The highest BCUT2D eigenvalue weighted by Gasteiger charge is 2.52. The topological polar surface area (TPSA) is 43.4 Å². The molecular formula is C14H12O3. The maximum Gasteiger partial charge on any atom is 0.170 e. The van der Waals surface area contributed by atoms with E-state index in [1.807, 2.05) is 18.2 Å². The summed E-state index contributed by atoms with van der Waals surface area (Å²) < 4.78 is 5.59. The molecule has 3 rings (SSSR count). The molecule has 17 heavy (non-hydrogen) atoms. The first-order valence-corrected chi connectivity index (χ1v) is 5.60. The van der Waals surface area contributed by atoms with Crippen LogP contribution in [-0.2, 0) is 15.1 Å². The van der Waals surface area contributed by atoms with Crippen LogP contribution in [0.4, 0.5) is 0 Å². The van der Waals surface area contributed by atoms with Gasteiger partial charge in [0, 0.05) is 19.1 Å². The first-order chi connectivity index (χ1) is 8.19. The summed E-state index contributed by atoms with van der Waals surface area (Å²) in [5.41, 5.74) is 0.821. The summed E-state index contributed by atoms with van der Waals surface area (Å²) in [6.45, 7) is 0. The SMILES string of the molecule is COC12C=CC(=O)CC1C(=O)c1ccccc12. The number of ether oxygens (including phenoxy) is 1. The molecule has 3 heteroatoms. The predicted molar refractivity (Wildman–Crippen MR) is 61.7 cm³/mol. The minimum atomic E-state index is -0.735. The van der Waals surface area contributed by atoms with E-state index in [1.54, 1.807) is 19.3 Å². The molecule has 1 aromatic rings. The summed E-state index contributed by atoms with van der Waals surface area (Å²) in [5, 5.41) is 0. The van der Waals surface area contributed by atoms with Gasteiger partial charge in [-0.05, 0) is 17.7 Å². The maximum atomic E-state index is 12.3. The van der Waals surface area contributed by atoms with Crippen LogP contribution in [0, 0.1) is 5.92 Å². The third-order valence-electron chi connectivity index (χ3n) is 3.71. The number of carbonyl (C=O) groups is 2. The summed E-state index contributed by atoms with van der Waals surface area (Å²) in [5.74, 6) is -0.397. The van der Waals surface area contributed by atoms with Crippen molar-refractivity contribution >= 4 is 11.6 Å². The molecule has 2 aliphatic carbocycles. The molecule has 0 saturated heterocycles. The van der Waals surface area contributed by atoms with Gasteiger partial charge in [0.15, 0.2) is 11.6 Å². The fraction of sp³-hybridized carbons (Fsp3) is 0.286. The zero-order valence-electron chi connectivity index (χ0n) is 9.47. The van der Waals surface area contributed by atoms with Gasteiger partial charge in [-0.2, -0.15) is 0 Å². The Bertz CT molecular complexity index is 544. The molecule has 86 valence electrons. The monoisotopic (exact) mass is 228 g/mol. The van der Waals surface area contributed by atoms with Crippen molar-refractivity contribution in [3.63, 3.8) is 0 Å². The van der Waals surface area contributed by atoms with Crippen LogP contribution in [0.15, 0.2) is 36.4 Å². The Kier molecular flexibility index (Phi) is 2.07. The average Bonchev–Trinajstić information content (AvgIpc) is 2.61. The highest BCUT2D eigenvalue weighted by atomic mass is 16.5. The van der Waals surface area contributed by atoms with Gasteiger partial charge in [-0.1, -0.05) is 24.3 Å². The largest absolute Gasteiger partial charge is 0.369 e. The molecule has 0 radical (unpaired) electrons. The molecule has 0 bridgehead atoms. The van der Waals surface area contributed by atoms with Crippen LogP contribution in [0.3, 0.4) is 0 Å². The summed E-state index contributed by atoms with van der Waals surface area (Å²) in [7, 11) is 1.59. The Morgan fingerprint density at radius 1 is 1.29 bits per heavy atom. The molecule has 2 unspecified atom stereocenters. The number of benzene rings is 1. The maximum absolute atomic E-state index is 12.3. The molecule has 0 spiro atoms. The normalized spacial score (nSPS) is 30.3. The Morgan fingerprint density at radius 2 is 2.06 bits per heavy atom. The van der Waals surface area contributed by atoms with Gasteiger partial charge in [0.2, 0.25) is 0 Å². The minimum absolute atomic E-state index is 0.0103. The Labute approximate surface area is 99.1 Å². The number of fused-ring (bicyclic) bond motifs is 3. The van der Waals surface area contributed by atoms with Crippen LogP contribution in [0.2, 0.25) is 0 Å². The minimum Gasteiger partial charge on any atom is -0.369 e. The van der Waals surface area contributed by atoms with Gasteiger partial charge in [0.05, 0.1) is 5.92 Å². The van der Waals surface area contributed by atoms with Gasteiger partial charge < -0.3 is 4.74 Å². The summed E-state index contributed by atoms with van der Waals surface area (Å²) in [6, 6.07) is 7.43. The number of methoxy groups -OCH3 is 1. The van der Waals surface area contributed by atoms with E-state index < -0.39 is 11.5 Å².